The Kier molecular flexibility index (Phi) is 8.27. The number of carbonyl (C=O) groups is 1. The van der Waals surface area contributed by atoms with Gasteiger partial charge in [-0.15, -0.1) is 0 Å². The molecule has 172 valence electrons. The van der Waals surface area contributed by atoms with Crippen molar-refractivity contribution in [2.45, 2.75) is 43.0 Å². The van der Waals surface area contributed by atoms with Gasteiger partial charge >= 0.3 is 0 Å². The van der Waals surface area contributed by atoms with Gasteiger partial charge in [-0.1, -0.05) is 41.3 Å². The number of hydrogen-bond acceptors (Lipinski definition) is 6. The zero-order valence-corrected chi connectivity index (χ0v) is 20.1. The Labute approximate surface area is 196 Å². The molecule has 0 bridgehead atoms. The number of phenols is 1. The van der Waals surface area contributed by atoms with Crippen LogP contribution in [0.2, 0.25) is 0 Å². The normalized spacial score (nSPS) is 15.2. The number of nitrogens with one attached hydrogen (secondary N) is 1. The van der Waals surface area contributed by atoms with Crippen molar-refractivity contribution >= 4 is 38.1 Å². The fourth-order valence-corrected chi connectivity index (χ4v) is 5.59. The number of nitrogens with zero attached hydrogens (tertiary/aromatic N) is 2. The number of halogens is 1. The number of para-hydroxylation sites is 1. The topological polar surface area (TPSA) is 108 Å². The van der Waals surface area contributed by atoms with Crippen LogP contribution in [0.5, 0.6) is 11.5 Å². The molecule has 1 fully saturated rings. The number of amides is 1. The van der Waals surface area contributed by atoms with E-state index in [0.717, 1.165) is 23.7 Å². The molecule has 1 saturated carbocycles. The highest BCUT2D eigenvalue weighted by Crippen LogP contribution is 2.29. The molecular formula is C22H26BrN3O5S. The molecule has 3 rings (SSSR count). The maximum Gasteiger partial charge on any atom is 0.255 e. The third-order valence-corrected chi connectivity index (χ3v) is 7.79. The Hall–Kier alpha value is -2.43. The summed E-state index contributed by atoms with van der Waals surface area (Å²) in [5.41, 5.74) is 2.72. The molecule has 1 aliphatic rings. The predicted octanol–water partition coefficient (Wildman–Crippen LogP) is 3.64. The van der Waals surface area contributed by atoms with Crippen LogP contribution in [0.4, 0.5) is 0 Å². The van der Waals surface area contributed by atoms with Crippen molar-refractivity contribution in [3.8, 4) is 11.5 Å². The van der Waals surface area contributed by atoms with Crippen molar-refractivity contribution in [1.82, 2.24) is 9.73 Å². The number of ether oxygens (including phenoxy) is 1. The SMILES string of the molecule is COc1cccc(/C=N/NC(=O)CN(C2CCCCC2)S(=O)(=O)c2ccc(Br)cc2)c1O. The molecule has 0 aromatic heterocycles. The standard InChI is InChI=1S/C22H26BrN3O5S/c1-31-20-9-5-6-16(22(20)28)14-24-25-21(27)15-26(18-7-3-2-4-8-18)32(29,30)19-12-10-17(23)11-13-19/h5-6,9-14,18,28H,2-4,7-8,15H2,1H3,(H,25,27)/b24-14+. The molecule has 1 amide bonds. The second kappa shape index (κ2) is 10.9. The van der Waals surface area contributed by atoms with E-state index >= 15 is 0 Å². The van der Waals surface area contributed by atoms with Crippen LogP contribution in [0, 0.1) is 0 Å². The Morgan fingerprint density at radius 2 is 1.91 bits per heavy atom. The molecule has 0 aliphatic heterocycles. The average Bonchev–Trinajstić information content (AvgIpc) is 2.79. The first-order valence-electron chi connectivity index (χ1n) is 10.3. The maximum absolute atomic E-state index is 13.3. The minimum Gasteiger partial charge on any atom is -0.504 e. The first-order chi connectivity index (χ1) is 15.3. The highest BCUT2D eigenvalue weighted by Gasteiger charge is 2.33. The number of benzene rings is 2. The van der Waals surface area contributed by atoms with E-state index in [-0.39, 0.29) is 29.0 Å². The van der Waals surface area contributed by atoms with Crippen molar-refractivity contribution in [3.05, 3.63) is 52.5 Å². The van der Waals surface area contributed by atoms with E-state index in [2.05, 4.69) is 26.5 Å². The molecule has 1 aliphatic carbocycles. The molecule has 2 N–H and O–H groups in total. The summed E-state index contributed by atoms with van der Waals surface area (Å²) >= 11 is 3.31. The molecule has 0 heterocycles. The van der Waals surface area contributed by atoms with Gasteiger partial charge in [-0.05, 0) is 49.2 Å². The van der Waals surface area contributed by atoms with Crippen LogP contribution in [-0.2, 0) is 14.8 Å². The van der Waals surface area contributed by atoms with Crippen LogP contribution < -0.4 is 10.2 Å². The van der Waals surface area contributed by atoms with Gasteiger partial charge in [-0.3, -0.25) is 4.79 Å². The Bertz CT molecular complexity index is 1070. The Morgan fingerprint density at radius 1 is 1.22 bits per heavy atom. The fraction of sp³-hybridized carbons (Fsp3) is 0.364. The monoisotopic (exact) mass is 523 g/mol. The summed E-state index contributed by atoms with van der Waals surface area (Å²) in [5, 5.41) is 14.0. The van der Waals surface area contributed by atoms with Crippen LogP contribution in [0.25, 0.3) is 0 Å². The number of sulfonamides is 1. The number of methoxy groups -OCH3 is 1. The smallest absolute Gasteiger partial charge is 0.255 e. The second-order valence-electron chi connectivity index (χ2n) is 7.49. The molecule has 0 saturated heterocycles. The summed E-state index contributed by atoms with van der Waals surface area (Å²) in [6, 6.07) is 11.0. The lowest BCUT2D eigenvalue weighted by atomic mass is 9.95. The van der Waals surface area contributed by atoms with E-state index in [1.165, 1.54) is 29.8 Å². The van der Waals surface area contributed by atoms with Crippen molar-refractivity contribution in [2.75, 3.05) is 13.7 Å². The fourth-order valence-electron chi connectivity index (χ4n) is 3.68. The third kappa shape index (κ3) is 5.87. The molecule has 2 aromatic carbocycles. The van der Waals surface area contributed by atoms with Crippen LogP contribution in [0.1, 0.15) is 37.7 Å². The number of phenolic OH excluding ortho intramolecular Hbond substituents is 1. The number of aromatic hydroxyl groups is 1. The van der Waals surface area contributed by atoms with Crippen LogP contribution in [-0.4, -0.2) is 49.6 Å². The summed E-state index contributed by atoms with van der Waals surface area (Å²) in [6.45, 7) is -0.343. The van der Waals surface area contributed by atoms with Gasteiger partial charge < -0.3 is 9.84 Å². The largest absolute Gasteiger partial charge is 0.504 e. The molecule has 0 radical (unpaired) electrons. The lowest BCUT2D eigenvalue weighted by Crippen LogP contribution is -2.46. The first-order valence-corrected chi connectivity index (χ1v) is 12.5. The van der Waals surface area contributed by atoms with Crippen LogP contribution >= 0.6 is 15.9 Å². The van der Waals surface area contributed by atoms with E-state index < -0.39 is 15.9 Å². The van der Waals surface area contributed by atoms with E-state index in [4.69, 9.17) is 4.74 Å². The van der Waals surface area contributed by atoms with Crippen LogP contribution in [0.15, 0.2) is 56.9 Å². The molecule has 0 atom stereocenters. The second-order valence-corrected chi connectivity index (χ2v) is 10.3. The molecule has 0 unspecified atom stereocenters. The summed E-state index contributed by atoms with van der Waals surface area (Å²) in [6.07, 6.45) is 5.61. The average molecular weight is 524 g/mol. The molecule has 10 heteroatoms. The molecule has 0 spiro atoms. The number of rotatable bonds is 8. The minimum absolute atomic E-state index is 0.102. The van der Waals surface area contributed by atoms with E-state index in [0.29, 0.717) is 18.4 Å². The van der Waals surface area contributed by atoms with Gasteiger partial charge in [0.2, 0.25) is 10.0 Å². The van der Waals surface area contributed by atoms with Gasteiger partial charge in [0.05, 0.1) is 24.8 Å². The molecular weight excluding hydrogens is 498 g/mol. The maximum atomic E-state index is 13.3. The van der Waals surface area contributed by atoms with Crippen molar-refractivity contribution in [1.29, 1.82) is 0 Å². The van der Waals surface area contributed by atoms with Crippen molar-refractivity contribution in [2.24, 2.45) is 5.10 Å². The van der Waals surface area contributed by atoms with Gasteiger partial charge in [-0.2, -0.15) is 9.41 Å². The number of hydrazone groups is 1. The lowest BCUT2D eigenvalue weighted by Gasteiger charge is -2.32. The lowest BCUT2D eigenvalue weighted by molar-refractivity contribution is -0.121. The molecule has 2 aromatic rings. The highest BCUT2D eigenvalue weighted by atomic mass is 79.9. The van der Waals surface area contributed by atoms with Gasteiger partial charge in [-0.25, -0.2) is 13.8 Å². The quantitative estimate of drug-likeness (QED) is 0.405. The van der Waals surface area contributed by atoms with Crippen molar-refractivity contribution < 1.29 is 23.1 Å². The molecule has 8 nitrogen and oxygen atoms in total. The summed E-state index contributed by atoms with van der Waals surface area (Å²) < 4.78 is 33.8. The first kappa shape index (κ1) is 24.2. The molecule has 32 heavy (non-hydrogen) atoms. The predicted molar refractivity (Wildman–Crippen MR) is 125 cm³/mol. The van der Waals surface area contributed by atoms with E-state index in [1.54, 1.807) is 30.3 Å². The van der Waals surface area contributed by atoms with Gasteiger partial charge in [0, 0.05) is 16.1 Å². The highest BCUT2D eigenvalue weighted by molar-refractivity contribution is 9.10. The van der Waals surface area contributed by atoms with Gasteiger partial charge in [0.15, 0.2) is 11.5 Å². The summed E-state index contributed by atoms with van der Waals surface area (Å²) in [7, 11) is -2.43. The number of hydrogen-bond donors (Lipinski definition) is 2. The van der Waals surface area contributed by atoms with Crippen LogP contribution in [0.3, 0.4) is 0 Å². The van der Waals surface area contributed by atoms with Gasteiger partial charge in [0.1, 0.15) is 0 Å². The van der Waals surface area contributed by atoms with Gasteiger partial charge in [0.25, 0.3) is 5.91 Å². The Morgan fingerprint density at radius 3 is 2.56 bits per heavy atom. The third-order valence-electron chi connectivity index (χ3n) is 5.34. The minimum atomic E-state index is -3.86. The summed E-state index contributed by atoms with van der Waals surface area (Å²) in [5.74, 6) is -0.381. The van der Waals surface area contributed by atoms with Crippen molar-refractivity contribution in [3.63, 3.8) is 0 Å². The zero-order chi connectivity index (χ0) is 23.1. The summed E-state index contributed by atoms with van der Waals surface area (Å²) in [4.78, 5) is 12.7. The zero-order valence-electron chi connectivity index (χ0n) is 17.7. The van der Waals surface area contributed by atoms with E-state index in [1.807, 2.05) is 0 Å². The van der Waals surface area contributed by atoms with E-state index in [9.17, 15) is 18.3 Å². The Balaban J connectivity index is 1.76. The number of carbonyl (C=O) groups excluding carboxylic acids is 1.